The van der Waals surface area contributed by atoms with Gasteiger partial charge in [0, 0.05) is 13.1 Å². The quantitative estimate of drug-likeness (QED) is 0.779. The van der Waals surface area contributed by atoms with Gasteiger partial charge in [-0.25, -0.2) is 9.59 Å². The van der Waals surface area contributed by atoms with Gasteiger partial charge in [-0.15, -0.1) is 0 Å². The topological polar surface area (TPSA) is 81.7 Å². The van der Waals surface area contributed by atoms with Crippen molar-refractivity contribution in [1.29, 1.82) is 0 Å². The van der Waals surface area contributed by atoms with Gasteiger partial charge in [0.1, 0.15) is 0 Å². The summed E-state index contributed by atoms with van der Waals surface area (Å²) in [5.41, 5.74) is 0.363. The van der Waals surface area contributed by atoms with E-state index in [9.17, 15) is 9.59 Å². The number of urea groups is 1. The first-order valence-corrected chi connectivity index (χ1v) is 7.24. The van der Waals surface area contributed by atoms with Gasteiger partial charge in [-0.1, -0.05) is 11.6 Å². The number of anilines is 1. The van der Waals surface area contributed by atoms with E-state index in [0.717, 1.165) is 19.6 Å². The molecule has 1 aliphatic heterocycles. The Morgan fingerprint density at radius 1 is 1.29 bits per heavy atom. The van der Waals surface area contributed by atoms with Crippen molar-refractivity contribution in [3.8, 4) is 0 Å². The van der Waals surface area contributed by atoms with Crippen molar-refractivity contribution in [2.45, 2.75) is 12.8 Å². The van der Waals surface area contributed by atoms with Crippen LogP contribution >= 0.6 is 11.6 Å². The Balaban J connectivity index is 1.84. The molecular weight excluding hydrogens is 294 g/mol. The molecule has 3 N–H and O–H groups in total. The number of halogens is 1. The van der Waals surface area contributed by atoms with Gasteiger partial charge in [-0.3, -0.25) is 0 Å². The summed E-state index contributed by atoms with van der Waals surface area (Å²) in [4.78, 5) is 25.0. The monoisotopic (exact) mass is 311 g/mol. The van der Waals surface area contributed by atoms with Crippen LogP contribution in [0.2, 0.25) is 5.02 Å². The predicted octanol–water partition coefficient (Wildman–Crippen LogP) is 2.26. The number of nitrogens with one attached hydrogen (secondary N) is 2. The molecule has 0 unspecified atom stereocenters. The van der Waals surface area contributed by atoms with Crippen LogP contribution in [-0.2, 0) is 0 Å². The van der Waals surface area contributed by atoms with E-state index in [-0.39, 0.29) is 11.3 Å². The highest BCUT2D eigenvalue weighted by Gasteiger charge is 2.12. The van der Waals surface area contributed by atoms with E-state index < -0.39 is 12.0 Å². The van der Waals surface area contributed by atoms with Crippen molar-refractivity contribution in [2.75, 3.05) is 31.5 Å². The normalized spacial score (nSPS) is 14.9. The van der Waals surface area contributed by atoms with Gasteiger partial charge < -0.3 is 20.6 Å². The first-order chi connectivity index (χ1) is 10.1. The van der Waals surface area contributed by atoms with Crippen LogP contribution in [0.4, 0.5) is 10.5 Å². The van der Waals surface area contributed by atoms with E-state index in [1.165, 1.54) is 31.0 Å². The molecule has 114 valence electrons. The number of carbonyl (C=O) groups is 2. The summed E-state index contributed by atoms with van der Waals surface area (Å²) in [6.07, 6.45) is 2.42. The van der Waals surface area contributed by atoms with Gasteiger partial charge in [0.15, 0.2) is 0 Å². The molecule has 21 heavy (non-hydrogen) atoms. The second-order valence-electron chi connectivity index (χ2n) is 4.93. The molecule has 0 saturated carbocycles. The first kappa shape index (κ1) is 15.6. The van der Waals surface area contributed by atoms with Crippen molar-refractivity contribution in [3.63, 3.8) is 0 Å². The van der Waals surface area contributed by atoms with E-state index >= 15 is 0 Å². The van der Waals surface area contributed by atoms with E-state index in [4.69, 9.17) is 16.7 Å². The smallest absolute Gasteiger partial charge is 0.335 e. The Morgan fingerprint density at radius 3 is 2.67 bits per heavy atom. The van der Waals surface area contributed by atoms with Crippen LogP contribution in [0.25, 0.3) is 0 Å². The lowest BCUT2D eigenvalue weighted by molar-refractivity contribution is 0.0697. The van der Waals surface area contributed by atoms with Crippen LogP contribution in [0.15, 0.2) is 18.2 Å². The highest BCUT2D eigenvalue weighted by atomic mass is 35.5. The van der Waals surface area contributed by atoms with Gasteiger partial charge in [0.25, 0.3) is 0 Å². The van der Waals surface area contributed by atoms with Crippen LogP contribution in [0.1, 0.15) is 23.2 Å². The molecule has 0 aromatic heterocycles. The van der Waals surface area contributed by atoms with Crippen LogP contribution in [0.5, 0.6) is 0 Å². The van der Waals surface area contributed by atoms with Crippen molar-refractivity contribution in [1.82, 2.24) is 10.2 Å². The lowest BCUT2D eigenvalue weighted by atomic mass is 10.2. The molecule has 0 radical (unpaired) electrons. The molecule has 7 heteroatoms. The van der Waals surface area contributed by atoms with Crippen molar-refractivity contribution in [3.05, 3.63) is 28.8 Å². The third-order valence-electron chi connectivity index (χ3n) is 3.37. The second-order valence-corrected chi connectivity index (χ2v) is 5.34. The standard InChI is InChI=1S/C14H18ClN3O3/c15-11-4-3-10(13(19)20)9-12(11)17-14(21)16-5-8-18-6-1-2-7-18/h3-4,9H,1-2,5-8H2,(H,19,20)(H2,16,17,21). The number of rotatable bonds is 5. The van der Waals surface area contributed by atoms with Crippen LogP contribution in [0, 0.1) is 0 Å². The number of carboxylic acid groups (broad SMARTS) is 1. The minimum absolute atomic E-state index is 0.0757. The molecular formula is C14H18ClN3O3. The maximum absolute atomic E-state index is 11.8. The molecule has 2 amide bonds. The number of carboxylic acids is 1. The summed E-state index contributed by atoms with van der Waals surface area (Å²) < 4.78 is 0. The van der Waals surface area contributed by atoms with Gasteiger partial charge in [-0.2, -0.15) is 0 Å². The van der Waals surface area contributed by atoms with Gasteiger partial charge in [0.05, 0.1) is 16.3 Å². The second kappa shape index (κ2) is 7.28. The number of likely N-dealkylation sites (tertiary alicyclic amines) is 1. The molecule has 0 spiro atoms. The zero-order chi connectivity index (χ0) is 15.2. The average Bonchev–Trinajstić information content (AvgIpc) is 2.94. The summed E-state index contributed by atoms with van der Waals surface area (Å²) in [6, 6.07) is 3.79. The molecule has 1 fully saturated rings. The highest BCUT2D eigenvalue weighted by Crippen LogP contribution is 2.22. The zero-order valence-electron chi connectivity index (χ0n) is 11.6. The molecule has 1 aromatic carbocycles. The maximum Gasteiger partial charge on any atom is 0.335 e. The van der Waals surface area contributed by atoms with E-state index in [1.807, 2.05) is 0 Å². The minimum Gasteiger partial charge on any atom is -0.478 e. The first-order valence-electron chi connectivity index (χ1n) is 6.86. The number of hydrogen-bond acceptors (Lipinski definition) is 3. The SMILES string of the molecule is O=C(NCCN1CCCC1)Nc1cc(C(=O)O)ccc1Cl. The molecule has 6 nitrogen and oxygen atoms in total. The van der Waals surface area contributed by atoms with Crippen molar-refractivity contribution in [2.24, 2.45) is 0 Å². The number of carbonyl (C=O) groups excluding carboxylic acids is 1. The fourth-order valence-corrected chi connectivity index (χ4v) is 2.42. The summed E-state index contributed by atoms with van der Waals surface area (Å²) >= 11 is 5.94. The molecule has 0 atom stereocenters. The van der Waals surface area contributed by atoms with E-state index in [2.05, 4.69) is 15.5 Å². The molecule has 1 saturated heterocycles. The Hall–Kier alpha value is -1.79. The molecule has 1 aromatic rings. The molecule has 2 rings (SSSR count). The lowest BCUT2D eigenvalue weighted by Crippen LogP contribution is -2.36. The molecule has 0 bridgehead atoms. The average molecular weight is 312 g/mol. The van der Waals surface area contributed by atoms with Crippen molar-refractivity contribution < 1.29 is 14.7 Å². The Labute approximate surface area is 128 Å². The number of benzene rings is 1. The summed E-state index contributed by atoms with van der Waals surface area (Å²) in [5.74, 6) is -1.07. The van der Waals surface area contributed by atoms with Gasteiger partial charge in [-0.05, 0) is 44.1 Å². The third-order valence-corrected chi connectivity index (χ3v) is 3.70. The van der Waals surface area contributed by atoms with Gasteiger partial charge >= 0.3 is 12.0 Å². The lowest BCUT2D eigenvalue weighted by Gasteiger charge is -2.15. The number of nitrogens with zero attached hydrogens (tertiary/aromatic N) is 1. The summed E-state index contributed by atoms with van der Waals surface area (Å²) in [7, 11) is 0. The van der Waals surface area contributed by atoms with Crippen LogP contribution in [-0.4, -0.2) is 48.2 Å². The predicted molar refractivity (Wildman–Crippen MR) is 81.1 cm³/mol. The summed E-state index contributed by atoms with van der Waals surface area (Å²) in [5, 5.41) is 14.5. The Bertz CT molecular complexity index is 530. The fraction of sp³-hybridized carbons (Fsp3) is 0.429. The summed E-state index contributed by atoms with van der Waals surface area (Å²) in [6.45, 7) is 3.52. The zero-order valence-corrected chi connectivity index (χ0v) is 12.3. The molecule has 1 heterocycles. The molecule has 0 aliphatic carbocycles. The number of aromatic carboxylic acids is 1. The van der Waals surface area contributed by atoms with Crippen LogP contribution in [0.3, 0.4) is 0 Å². The largest absolute Gasteiger partial charge is 0.478 e. The van der Waals surface area contributed by atoms with Gasteiger partial charge in [0.2, 0.25) is 0 Å². The Morgan fingerprint density at radius 2 is 2.00 bits per heavy atom. The van der Waals surface area contributed by atoms with E-state index in [0.29, 0.717) is 11.6 Å². The van der Waals surface area contributed by atoms with E-state index in [1.54, 1.807) is 0 Å². The Kier molecular flexibility index (Phi) is 5.41. The van der Waals surface area contributed by atoms with Crippen molar-refractivity contribution >= 4 is 29.3 Å². The number of hydrogen-bond donors (Lipinski definition) is 3. The minimum atomic E-state index is -1.07. The highest BCUT2D eigenvalue weighted by molar-refractivity contribution is 6.33. The van der Waals surface area contributed by atoms with Crippen LogP contribution < -0.4 is 10.6 Å². The molecule has 1 aliphatic rings. The fourth-order valence-electron chi connectivity index (χ4n) is 2.25. The number of amides is 2. The third kappa shape index (κ3) is 4.61. The maximum atomic E-state index is 11.8.